The van der Waals surface area contributed by atoms with E-state index in [2.05, 4.69) is 22.3 Å². The molecule has 1 amide bonds. The van der Waals surface area contributed by atoms with Crippen LogP contribution in [0, 0.1) is 24.8 Å². The quantitative estimate of drug-likeness (QED) is 0.551. The predicted octanol–water partition coefficient (Wildman–Crippen LogP) is 1.49. The summed E-state index contributed by atoms with van der Waals surface area (Å²) in [5.74, 6) is 3.24. The smallest absolute Gasteiger partial charge is 0.280 e. The third-order valence-electron chi connectivity index (χ3n) is 2.25. The molecule has 0 spiro atoms. The van der Waals surface area contributed by atoms with Crippen molar-refractivity contribution in [2.45, 2.75) is 19.8 Å². The summed E-state index contributed by atoms with van der Waals surface area (Å²) in [6.45, 7) is 1.86. The average Bonchev–Trinajstić information content (AvgIpc) is 3.02. The third-order valence-corrected chi connectivity index (χ3v) is 2.25. The molecule has 1 N–H and O–H groups in total. The molecule has 0 atom stereocenters. The molecule has 1 fully saturated rings. The second-order valence-electron chi connectivity index (χ2n) is 3.67. The molecule has 0 radical (unpaired) electrons. The lowest BCUT2D eigenvalue weighted by Crippen LogP contribution is -2.20. The number of amides is 1. The number of hydrogen-bond donors (Lipinski definition) is 1. The lowest BCUT2D eigenvalue weighted by Gasteiger charge is -2.00. The van der Waals surface area contributed by atoms with Crippen LogP contribution >= 0.6 is 0 Å². The minimum Gasteiger partial charge on any atom is -0.280 e. The van der Waals surface area contributed by atoms with E-state index in [1.165, 1.54) is 0 Å². The number of hydrogen-bond acceptors (Lipinski definition) is 2. The fraction of sp³-hybridized carbons (Fsp3) is 0.333. The molecular formula is C12H12N2O. The summed E-state index contributed by atoms with van der Waals surface area (Å²) in [6, 6.07) is 6.35. The van der Waals surface area contributed by atoms with Gasteiger partial charge in [-0.2, -0.15) is 0 Å². The van der Waals surface area contributed by atoms with E-state index in [0.717, 1.165) is 18.4 Å². The van der Waals surface area contributed by atoms with Crippen LogP contribution in [0.3, 0.4) is 0 Å². The van der Waals surface area contributed by atoms with Gasteiger partial charge in [0.15, 0.2) is 0 Å². The first-order valence-corrected chi connectivity index (χ1v) is 5.00. The van der Waals surface area contributed by atoms with Gasteiger partial charge in [0.05, 0.1) is 0 Å². The lowest BCUT2D eigenvalue weighted by atomic mass is 10.2. The number of aryl methyl sites for hydroxylation is 1. The standard InChI is InChI=1S/C12H12N2O/c1-9-3-2-7-13-11(9)12(15)14-8-6-10-4-5-10/h2-3,7,10H,4-5H2,1H3,(H,14,15). The molecule has 0 aliphatic heterocycles. The zero-order valence-electron chi connectivity index (χ0n) is 8.58. The largest absolute Gasteiger partial charge is 0.281 e. The highest BCUT2D eigenvalue weighted by Gasteiger charge is 2.18. The van der Waals surface area contributed by atoms with Crippen LogP contribution in [-0.4, -0.2) is 10.9 Å². The Bertz CT molecular complexity index is 438. The summed E-state index contributed by atoms with van der Waals surface area (Å²) in [6.07, 6.45) is 3.92. The molecule has 1 saturated carbocycles. The van der Waals surface area contributed by atoms with Crippen LogP contribution in [0.1, 0.15) is 28.9 Å². The van der Waals surface area contributed by atoms with Crippen LogP contribution in [0.5, 0.6) is 0 Å². The van der Waals surface area contributed by atoms with Crippen LogP contribution in [0.25, 0.3) is 0 Å². The summed E-state index contributed by atoms with van der Waals surface area (Å²) >= 11 is 0. The minimum absolute atomic E-state index is 0.221. The van der Waals surface area contributed by atoms with Crippen molar-refractivity contribution in [3.8, 4) is 12.0 Å². The van der Waals surface area contributed by atoms with Crippen molar-refractivity contribution in [2.24, 2.45) is 5.92 Å². The monoisotopic (exact) mass is 200 g/mol. The van der Waals surface area contributed by atoms with Crippen LogP contribution in [0.15, 0.2) is 18.3 Å². The van der Waals surface area contributed by atoms with Crippen molar-refractivity contribution in [3.63, 3.8) is 0 Å². The topological polar surface area (TPSA) is 42.0 Å². The Morgan fingerprint density at radius 2 is 2.40 bits per heavy atom. The molecule has 1 aromatic rings. The van der Waals surface area contributed by atoms with Gasteiger partial charge in [-0.25, -0.2) is 0 Å². The molecule has 0 unspecified atom stereocenters. The number of pyridine rings is 1. The van der Waals surface area contributed by atoms with E-state index in [4.69, 9.17) is 0 Å². The predicted molar refractivity (Wildman–Crippen MR) is 56.9 cm³/mol. The van der Waals surface area contributed by atoms with E-state index in [1.54, 1.807) is 6.20 Å². The second-order valence-corrected chi connectivity index (χ2v) is 3.67. The van der Waals surface area contributed by atoms with Crippen LogP contribution in [-0.2, 0) is 0 Å². The highest BCUT2D eigenvalue weighted by atomic mass is 16.1. The number of rotatable bonds is 1. The summed E-state index contributed by atoms with van der Waals surface area (Å²) in [4.78, 5) is 15.6. The van der Waals surface area contributed by atoms with Gasteiger partial charge in [0.25, 0.3) is 5.91 Å². The van der Waals surface area contributed by atoms with Crippen LogP contribution in [0.2, 0.25) is 0 Å². The molecule has 3 nitrogen and oxygen atoms in total. The van der Waals surface area contributed by atoms with E-state index in [9.17, 15) is 4.79 Å². The van der Waals surface area contributed by atoms with E-state index >= 15 is 0 Å². The first kappa shape index (κ1) is 9.72. The maximum absolute atomic E-state index is 11.6. The van der Waals surface area contributed by atoms with Gasteiger partial charge < -0.3 is 0 Å². The van der Waals surface area contributed by atoms with Crippen molar-refractivity contribution < 1.29 is 4.79 Å². The summed E-state index contributed by atoms with van der Waals surface area (Å²) in [5, 5.41) is 2.55. The highest BCUT2D eigenvalue weighted by Crippen LogP contribution is 2.27. The Balaban J connectivity index is 2.02. The van der Waals surface area contributed by atoms with Gasteiger partial charge in [0.2, 0.25) is 0 Å². The highest BCUT2D eigenvalue weighted by molar-refractivity contribution is 5.94. The lowest BCUT2D eigenvalue weighted by molar-refractivity contribution is 0.0968. The normalized spacial score (nSPS) is 13.9. The molecule has 0 aromatic carbocycles. The Labute approximate surface area is 88.9 Å². The van der Waals surface area contributed by atoms with E-state index in [0.29, 0.717) is 11.6 Å². The Hall–Kier alpha value is -1.82. The fourth-order valence-corrected chi connectivity index (χ4v) is 1.21. The van der Waals surface area contributed by atoms with Crippen molar-refractivity contribution >= 4 is 5.91 Å². The molecule has 1 aromatic heterocycles. The summed E-state index contributed by atoms with van der Waals surface area (Å²) < 4.78 is 0. The van der Waals surface area contributed by atoms with Crippen molar-refractivity contribution in [1.29, 1.82) is 0 Å². The third kappa shape index (κ3) is 2.57. The first-order valence-electron chi connectivity index (χ1n) is 5.00. The molecule has 3 heteroatoms. The molecule has 1 aliphatic rings. The SMILES string of the molecule is Cc1cccnc1C(=O)NC#CC1CC1. The minimum atomic E-state index is -0.221. The first-order chi connectivity index (χ1) is 7.27. The van der Waals surface area contributed by atoms with Crippen LogP contribution < -0.4 is 5.32 Å². The van der Waals surface area contributed by atoms with Gasteiger partial charge >= 0.3 is 0 Å². The van der Waals surface area contributed by atoms with Gasteiger partial charge in [-0.3, -0.25) is 15.1 Å². The van der Waals surface area contributed by atoms with Crippen molar-refractivity contribution in [2.75, 3.05) is 0 Å². The molecule has 1 heterocycles. The molecule has 2 rings (SSSR count). The summed E-state index contributed by atoms with van der Waals surface area (Å²) in [7, 11) is 0. The maximum Gasteiger partial charge on any atom is 0.281 e. The van der Waals surface area contributed by atoms with Crippen LogP contribution in [0.4, 0.5) is 0 Å². The maximum atomic E-state index is 11.6. The molecule has 0 bridgehead atoms. The van der Waals surface area contributed by atoms with Gasteiger partial charge in [-0.1, -0.05) is 12.0 Å². The second kappa shape index (κ2) is 4.14. The van der Waals surface area contributed by atoms with Crippen molar-refractivity contribution in [1.82, 2.24) is 10.3 Å². The van der Waals surface area contributed by atoms with E-state index < -0.39 is 0 Å². The average molecular weight is 200 g/mol. The molecule has 0 saturated heterocycles. The van der Waals surface area contributed by atoms with Gasteiger partial charge in [0.1, 0.15) is 5.69 Å². The molecule has 1 aliphatic carbocycles. The van der Waals surface area contributed by atoms with Gasteiger partial charge in [-0.05, 0) is 31.4 Å². The molecule has 15 heavy (non-hydrogen) atoms. The summed E-state index contributed by atoms with van der Waals surface area (Å²) in [5.41, 5.74) is 1.31. The van der Waals surface area contributed by atoms with Gasteiger partial charge in [0, 0.05) is 18.2 Å². The Morgan fingerprint density at radius 1 is 1.60 bits per heavy atom. The van der Waals surface area contributed by atoms with Gasteiger partial charge in [-0.15, -0.1) is 0 Å². The zero-order chi connectivity index (χ0) is 10.7. The number of nitrogens with zero attached hydrogens (tertiary/aromatic N) is 1. The fourth-order valence-electron chi connectivity index (χ4n) is 1.21. The Kier molecular flexibility index (Phi) is 2.68. The van der Waals surface area contributed by atoms with E-state index in [1.807, 2.05) is 19.1 Å². The number of carbonyl (C=O) groups excluding carboxylic acids is 1. The van der Waals surface area contributed by atoms with E-state index in [-0.39, 0.29) is 5.91 Å². The molecular weight excluding hydrogens is 188 g/mol. The molecule has 76 valence electrons. The van der Waals surface area contributed by atoms with Crippen molar-refractivity contribution in [3.05, 3.63) is 29.6 Å². The number of nitrogens with one attached hydrogen (secondary N) is 1. The number of aromatic nitrogens is 1. The number of carbonyl (C=O) groups is 1. The Morgan fingerprint density at radius 3 is 3.07 bits per heavy atom. The zero-order valence-corrected chi connectivity index (χ0v) is 8.58.